The highest BCUT2D eigenvalue weighted by Crippen LogP contribution is 2.32. The van der Waals surface area contributed by atoms with Gasteiger partial charge in [0, 0.05) is 5.39 Å². The van der Waals surface area contributed by atoms with Crippen molar-refractivity contribution in [2.45, 2.75) is 0 Å². The number of phenols is 1. The van der Waals surface area contributed by atoms with Gasteiger partial charge in [-0.25, -0.2) is 18.6 Å². The Morgan fingerprint density at radius 1 is 1.19 bits per heavy atom. The molecule has 0 atom stereocenters. The monoisotopic (exact) mass is 374 g/mol. The van der Waals surface area contributed by atoms with E-state index in [0.717, 1.165) is 29.5 Å². The fraction of sp³-hybridized carbons (Fsp3) is 0. The van der Waals surface area contributed by atoms with E-state index < -0.39 is 28.7 Å². The summed E-state index contributed by atoms with van der Waals surface area (Å²) >= 11 is 0.925. The molecule has 4 aromatic rings. The second-order valence-electron chi connectivity index (χ2n) is 5.32. The van der Waals surface area contributed by atoms with Gasteiger partial charge in [0.05, 0.1) is 4.70 Å². The molecule has 0 radical (unpaired) electrons. The number of hydrogen-bond donors (Lipinski definition) is 2. The van der Waals surface area contributed by atoms with Crippen molar-refractivity contribution >= 4 is 43.6 Å². The first-order valence-electron chi connectivity index (χ1n) is 7.26. The number of nitrogens with one attached hydrogen (secondary N) is 1. The zero-order valence-corrected chi connectivity index (χ0v) is 13.6. The highest BCUT2D eigenvalue weighted by molar-refractivity contribution is 7.23. The van der Waals surface area contributed by atoms with Gasteiger partial charge < -0.3 is 9.52 Å². The molecule has 0 aliphatic carbocycles. The predicted octanol–water partition coefficient (Wildman–Crippen LogP) is 3.64. The predicted molar refractivity (Wildman–Crippen MR) is 91.6 cm³/mol. The van der Waals surface area contributed by atoms with Gasteiger partial charge in [-0.15, -0.1) is 0 Å². The lowest BCUT2D eigenvalue weighted by molar-refractivity contribution is 0.101. The lowest BCUT2D eigenvalue weighted by Crippen LogP contribution is -2.15. The highest BCUT2D eigenvalue weighted by Gasteiger charge is 2.20. The first kappa shape index (κ1) is 16.2. The van der Waals surface area contributed by atoms with Gasteiger partial charge in [0.15, 0.2) is 10.6 Å². The number of fused-ring (bicyclic) bond motifs is 3. The molecule has 0 spiro atoms. The molecule has 0 unspecified atom stereocenters. The van der Waals surface area contributed by atoms with Crippen molar-refractivity contribution in [1.82, 2.24) is 4.98 Å². The molecule has 1 amide bonds. The molecule has 2 N–H and O–H groups in total. The molecule has 0 saturated carbocycles. The van der Waals surface area contributed by atoms with Crippen molar-refractivity contribution in [1.29, 1.82) is 0 Å². The molecule has 0 bridgehead atoms. The number of halogens is 2. The van der Waals surface area contributed by atoms with Crippen molar-refractivity contribution in [3.05, 3.63) is 64.0 Å². The number of carbonyl (C=O) groups is 1. The molecule has 0 saturated heterocycles. The SMILES string of the molecule is O=C(Nc1nc2c(=O)oc3ccc(O)cc3c2s1)c1c(F)cccc1F. The molecule has 0 fully saturated rings. The molecule has 2 aromatic heterocycles. The van der Waals surface area contributed by atoms with Gasteiger partial charge in [0.25, 0.3) is 5.91 Å². The lowest BCUT2D eigenvalue weighted by atomic mass is 10.2. The van der Waals surface area contributed by atoms with Crippen LogP contribution in [0, 0.1) is 11.6 Å². The third-order valence-electron chi connectivity index (χ3n) is 3.64. The van der Waals surface area contributed by atoms with Gasteiger partial charge >= 0.3 is 5.63 Å². The maximum atomic E-state index is 13.7. The van der Waals surface area contributed by atoms with Crippen LogP contribution in [0.3, 0.4) is 0 Å². The third-order valence-corrected chi connectivity index (χ3v) is 4.65. The number of nitrogens with zero attached hydrogens (tertiary/aromatic N) is 1. The zero-order chi connectivity index (χ0) is 18.4. The molecule has 9 heteroatoms. The Morgan fingerprint density at radius 3 is 2.65 bits per heavy atom. The first-order chi connectivity index (χ1) is 12.4. The van der Waals surface area contributed by atoms with E-state index in [1.807, 2.05) is 0 Å². The van der Waals surface area contributed by atoms with Crippen LogP contribution in [0.1, 0.15) is 10.4 Å². The first-order valence-corrected chi connectivity index (χ1v) is 8.07. The maximum Gasteiger partial charge on any atom is 0.363 e. The number of amides is 1. The molecule has 130 valence electrons. The smallest absolute Gasteiger partial charge is 0.363 e. The second kappa shape index (κ2) is 5.88. The van der Waals surface area contributed by atoms with Crippen LogP contribution in [0.4, 0.5) is 13.9 Å². The van der Waals surface area contributed by atoms with Gasteiger partial charge in [0.1, 0.15) is 28.5 Å². The zero-order valence-electron chi connectivity index (χ0n) is 12.7. The molecule has 2 heterocycles. The number of benzene rings is 2. The van der Waals surface area contributed by atoms with E-state index in [2.05, 4.69) is 10.3 Å². The minimum Gasteiger partial charge on any atom is -0.508 e. The van der Waals surface area contributed by atoms with Crippen LogP contribution in [-0.2, 0) is 0 Å². The second-order valence-corrected chi connectivity index (χ2v) is 6.32. The summed E-state index contributed by atoms with van der Waals surface area (Å²) in [7, 11) is 0. The minimum atomic E-state index is -1.03. The maximum absolute atomic E-state index is 13.7. The fourth-order valence-corrected chi connectivity index (χ4v) is 3.47. The third kappa shape index (κ3) is 2.58. The van der Waals surface area contributed by atoms with Gasteiger partial charge in [-0.05, 0) is 30.3 Å². The average Bonchev–Trinajstić information content (AvgIpc) is 3.00. The van der Waals surface area contributed by atoms with Crippen LogP contribution >= 0.6 is 11.3 Å². The Bertz CT molecular complexity index is 1230. The number of rotatable bonds is 2. The molecule has 2 aromatic carbocycles. The van der Waals surface area contributed by atoms with Gasteiger partial charge in [0.2, 0.25) is 0 Å². The van der Waals surface area contributed by atoms with Crippen LogP contribution in [0.25, 0.3) is 21.2 Å². The van der Waals surface area contributed by atoms with Gasteiger partial charge in [-0.2, -0.15) is 0 Å². The quantitative estimate of drug-likeness (QED) is 0.523. The summed E-state index contributed by atoms with van der Waals surface area (Å²) in [5.74, 6) is -3.10. The number of aromatic nitrogens is 1. The van der Waals surface area contributed by atoms with E-state index >= 15 is 0 Å². The number of phenolic OH excluding ortho intramolecular Hbond substituents is 1. The highest BCUT2D eigenvalue weighted by atomic mass is 32.1. The van der Waals surface area contributed by atoms with Crippen LogP contribution in [-0.4, -0.2) is 16.0 Å². The largest absolute Gasteiger partial charge is 0.508 e. The average molecular weight is 374 g/mol. The summed E-state index contributed by atoms with van der Waals surface area (Å²) in [6, 6.07) is 7.24. The van der Waals surface area contributed by atoms with Crippen LogP contribution < -0.4 is 10.9 Å². The normalized spacial score (nSPS) is 11.2. The molecule has 0 aliphatic heterocycles. The van der Waals surface area contributed by atoms with E-state index in [4.69, 9.17) is 4.42 Å². The summed E-state index contributed by atoms with van der Waals surface area (Å²) in [4.78, 5) is 28.2. The van der Waals surface area contributed by atoms with Crippen molar-refractivity contribution in [2.75, 3.05) is 5.32 Å². The number of thiazole rings is 1. The van der Waals surface area contributed by atoms with Crippen LogP contribution in [0.2, 0.25) is 0 Å². The van der Waals surface area contributed by atoms with E-state index in [9.17, 15) is 23.5 Å². The standard InChI is InChI=1S/C17H8F2N2O4S/c18-9-2-1-3-10(19)12(9)15(23)21-17-20-13-14(26-17)8-6-7(22)4-5-11(8)25-16(13)24/h1-6,22H,(H,20,21,23). The molecular formula is C17H8F2N2O4S. The Morgan fingerprint density at radius 2 is 1.92 bits per heavy atom. The topological polar surface area (TPSA) is 92.4 Å². The van der Waals surface area contributed by atoms with E-state index in [1.54, 1.807) is 0 Å². The minimum absolute atomic E-state index is 0.0317. The van der Waals surface area contributed by atoms with Gasteiger partial charge in [-0.3, -0.25) is 10.1 Å². The van der Waals surface area contributed by atoms with Crippen molar-refractivity contribution in [2.24, 2.45) is 0 Å². The molecule has 6 nitrogen and oxygen atoms in total. The van der Waals surface area contributed by atoms with E-state index in [1.165, 1.54) is 18.2 Å². The van der Waals surface area contributed by atoms with Crippen molar-refractivity contribution in [3.63, 3.8) is 0 Å². The summed E-state index contributed by atoms with van der Waals surface area (Å²) in [6.07, 6.45) is 0. The van der Waals surface area contributed by atoms with Crippen LogP contribution in [0.5, 0.6) is 5.75 Å². The fourth-order valence-electron chi connectivity index (χ4n) is 2.50. The summed E-state index contributed by atoms with van der Waals surface area (Å²) < 4.78 is 32.9. The van der Waals surface area contributed by atoms with Crippen molar-refractivity contribution < 1.29 is 23.1 Å². The van der Waals surface area contributed by atoms with E-state index in [0.29, 0.717) is 10.1 Å². The van der Waals surface area contributed by atoms with Crippen LogP contribution in [0.15, 0.2) is 45.6 Å². The van der Waals surface area contributed by atoms with Gasteiger partial charge in [-0.1, -0.05) is 17.4 Å². The van der Waals surface area contributed by atoms with E-state index in [-0.39, 0.29) is 22.0 Å². The summed E-state index contributed by atoms with van der Waals surface area (Å²) in [5, 5.41) is 12.3. The summed E-state index contributed by atoms with van der Waals surface area (Å²) in [5.41, 5.74) is -1.30. The Balaban J connectivity index is 1.82. The number of carbonyl (C=O) groups excluding carboxylic acids is 1. The Labute approximate surface area is 147 Å². The molecular weight excluding hydrogens is 366 g/mol. The molecule has 4 rings (SSSR count). The number of anilines is 1. The number of hydrogen-bond acceptors (Lipinski definition) is 6. The summed E-state index contributed by atoms with van der Waals surface area (Å²) in [6.45, 7) is 0. The Hall–Kier alpha value is -3.33. The number of aromatic hydroxyl groups is 1. The van der Waals surface area contributed by atoms with Crippen molar-refractivity contribution in [3.8, 4) is 5.75 Å². The Kier molecular flexibility index (Phi) is 3.66. The molecule has 0 aliphatic rings. The lowest BCUT2D eigenvalue weighted by Gasteiger charge is -2.03. The molecule has 26 heavy (non-hydrogen) atoms.